The van der Waals surface area contributed by atoms with Crippen molar-refractivity contribution >= 4 is 5.69 Å². The van der Waals surface area contributed by atoms with Crippen LogP contribution in [0.15, 0.2) is 24.3 Å². The standard InChI is InChI=1S/C13H19NO/c1-14(2)11-8-6-10(7-9-11)12-4-3-5-13(12)15/h6-9,12-13,15H,3-5H2,1-2H3/t12-,13+/m0/s1. The van der Waals surface area contributed by atoms with Crippen molar-refractivity contribution in [3.63, 3.8) is 0 Å². The molecule has 15 heavy (non-hydrogen) atoms. The van der Waals surface area contributed by atoms with Gasteiger partial charge in [-0.1, -0.05) is 18.6 Å². The first-order chi connectivity index (χ1) is 7.18. The zero-order chi connectivity index (χ0) is 10.8. The second-order valence-electron chi connectivity index (χ2n) is 4.59. The number of rotatable bonds is 2. The number of hydrogen-bond donors (Lipinski definition) is 1. The Hall–Kier alpha value is -1.02. The Kier molecular flexibility index (Phi) is 2.96. The number of anilines is 1. The van der Waals surface area contributed by atoms with Gasteiger partial charge in [-0.05, 0) is 30.5 Å². The minimum Gasteiger partial charge on any atom is -0.392 e. The summed E-state index contributed by atoms with van der Waals surface area (Å²) in [5.74, 6) is 0.362. The van der Waals surface area contributed by atoms with E-state index in [1.54, 1.807) is 0 Å². The lowest BCUT2D eigenvalue weighted by Gasteiger charge is -2.17. The number of aliphatic hydroxyl groups is 1. The largest absolute Gasteiger partial charge is 0.392 e. The van der Waals surface area contributed by atoms with Crippen LogP contribution in [0, 0.1) is 0 Å². The van der Waals surface area contributed by atoms with Gasteiger partial charge in [-0.2, -0.15) is 0 Å². The van der Waals surface area contributed by atoms with Crippen LogP contribution in [0.1, 0.15) is 30.7 Å². The number of hydrogen-bond acceptors (Lipinski definition) is 2. The summed E-state index contributed by atoms with van der Waals surface area (Å²) in [6.45, 7) is 0. The molecule has 82 valence electrons. The summed E-state index contributed by atoms with van der Waals surface area (Å²) in [7, 11) is 4.08. The topological polar surface area (TPSA) is 23.5 Å². The van der Waals surface area contributed by atoms with E-state index in [0.29, 0.717) is 5.92 Å². The van der Waals surface area contributed by atoms with Crippen molar-refractivity contribution in [3.05, 3.63) is 29.8 Å². The smallest absolute Gasteiger partial charge is 0.0608 e. The van der Waals surface area contributed by atoms with Crippen LogP contribution in [0.5, 0.6) is 0 Å². The third kappa shape index (κ3) is 2.15. The molecule has 0 bridgehead atoms. The van der Waals surface area contributed by atoms with Crippen LogP contribution in [0.3, 0.4) is 0 Å². The molecule has 2 nitrogen and oxygen atoms in total. The van der Waals surface area contributed by atoms with E-state index in [1.807, 2.05) is 14.1 Å². The molecule has 0 radical (unpaired) electrons. The van der Waals surface area contributed by atoms with Gasteiger partial charge in [0.2, 0.25) is 0 Å². The van der Waals surface area contributed by atoms with E-state index in [2.05, 4.69) is 29.2 Å². The molecule has 1 N–H and O–H groups in total. The Bertz CT molecular complexity index is 318. The highest BCUT2D eigenvalue weighted by molar-refractivity contribution is 5.46. The molecule has 1 saturated carbocycles. The van der Waals surface area contributed by atoms with Gasteiger partial charge in [0, 0.05) is 25.7 Å². The molecule has 2 heteroatoms. The highest BCUT2D eigenvalue weighted by Crippen LogP contribution is 2.34. The van der Waals surface area contributed by atoms with Gasteiger partial charge in [-0.15, -0.1) is 0 Å². The Balaban J connectivity index is 2.16. The Labute approximate surface area is 91.5 Å². The van der Waals surface area contributed by atoms with E-state index in [0.717, 1.165) is 19.3 Å². The van der Waals surface area contributed by atoms with Crippen molar-refractivity contribution in [2.75, 3.05) is 19.0 Å². The first-order valence-corrected chi connectivity index (χ1v) is 5.64. The van der Waals surface area contributed by atoms with E-state index >= 15 is 0 Å². The van der Waals surface area contributed by atoms with Crippen LogP contribution in [-0.4, -0.2) is 25.3 Å². The van der Waals surface area contributed by atoms with Crippen LogP contribution in [0.2, 0.25) is 0 Å². The van der Waals surface area contributed by atoms with Crippen molar-refractivity contribution in [1.29, 1.82) is 0 Å². The lowest BCUT2D eigenvalue weighted by molar-refractivity contribution is 0.164. The quantitative estimate of drug-likeness (QED) is 0.801. The molecule has 1 aromatic carbocycles. The summed E-state index contributed by atoms with van der Waals surface area (Å²) < 4.78 is 0. The molecule has 0 saturated heterocycles. The molecule has 0 aromatic heterocycles. The van der Waals surface area contributed by atoms with Crippen LogP contribution >= 0.6 is 0 Å². The van der Waals surface area contributed by atoms with Crippen molar-refractivity contribution in [1.82, 2.24) is 0 Å². The van der Waals surface area contributed by atoms with E-state index in [-0.39, 0.29) is 6.10 Å². The van der Waals surface area contributed by atoms with E-state index in [4.69, 9.17) is 0 Å². The minimum atomic E-state index is -0.129. The molecular weight excluding hydrogens is 186 g/mol. The summed E-state index contributed by atoms with van der Waals surface area (Å²) in [5.41, 5.74) is 2.50. The summed E-state index contributed by atoms with van der Waals surface area (Å²) >= 11 is 0. The molecule has 2 atom stereocenters. The summed E-state index contributed by atoms with van der Waals surface area (Å²) in [6.07, 6.45) is 3.11. The Morgan fingerprint density at radius 1 is 1.13 bits per heavy atom. The molecular formula is C13H19NO. The molecule has 1 aliphatic carbocycles. The van der Waals surface area contributed by atoms with E-state index < -0.39 is 0 Å². The van der Waals surface area contributed by atoms with Gasteiger partial charge in [0.05, 0.1) is 6.10 Å². The molecule has 1 fully saturated rings. The molecule has 2 rings (SSSR count). The average Bonchev–Trinajstić information content (AvgIpc) is 2.65. The van der Waals surface area contributed by atoms with E-state index in [9.17, 15) is 5.11 Å². The normalized spacial score (nSPS) is 25.5. The maximum absolute atomic E-state index is 9.81. The van der Waals surface area contributed by atoms with Crippen LogP contribution < -0.4 is 4.90 Å². The first kappa shape index (κ1) is 10.5. The van der Waals surface area contributed by atoms with Crippen molar-refractivity contribution in [3.8, 4) is 0 Å². The van der Waals surface area contributed by atoms with Gasteiger partial charge >= 0.3 is 0 Å². The van der Waals surface area contributed by atoms with Crippen molar-refractivity contribution < 1.29 is 5.11 Å². The summed E-state index contributed by atoms with van der Waals surface area (Å²) in [4.78, 5) is 2.09. The van der Waals surface area contributed by atoms with Gasteiger partial charge in [0.25, 0.3) is 0 Å². The van der Waals surface area contributed by atoms with Crippen LogP contribution in [0.4, 0.5) is 5.69 Å². The molecule has 0 spiro atoms. The predicted octanol–water partition coefficient (Wildman–Crippen LogP) is 2.38. The fraction of sp³-hybridized carbons (Fsp3) is 0.538. The number of nitrogens with zero attached hydrogens (tertiary/aromatic N) is 1. The zero-order valence-electron chi connectivity index (χ0n) is 9.48. The number of benzene rings is 1. The van der Waals surface area contributed by atoms with Gasteiger partial charge in [0.1, 0.15) is 0 Å². The van der Waals surface area contributed by atoms with Crippen LogP contribution in [0.25, 0.3) is 0 Å². The first-order valence-electron chi connectivity index (χ1n) is 5.64. The predicted molar refractivity (Wildman–Crippen MR) is 63.4 cm³/mol. The van der Waals surface area contributed by atoms with Gasteiger partial charge in [-0.3, -0.25) is 0 Å². The molecule has 0 heterocycles. The second-order valence-corrected chi connectivity index (χ2v) is 4.59. The molecule has 0 unspecified atom stereocenters. The third-order valence-corrected chi connectivity index (χ3v) is 3.32. The van der Waals surface area contributed by atoms with Gasteiger partial charge in [-0.25, -0.2) is 0 Å². The summed E-state index contributed by atoms with van der Waals surface area (Å²) in [6, 6.07) is 8.55. The fourth-order valence-electron chi connectivity index (χ4n) is 2.35. The Morgan fingerprint density at radius 2 is 1.80 bits per heavy atom. The molecule has 0 amide bonds. The van der Waals surface area contributed by atoms with Gasteiger partial charge in [0.15, 0.2) is 0 Å². The van der Waals surface area contributed by atoms with E-state index in [1.165, 1.54) is 11.3 Å². The molecule has 0 aliphatic heterocycles. The van der Waals surface area contributed by atoms with Gasteiger partial charge < -0.3 is 10.0 Å². The average molecular weight is 205 g/mol. The third-order valence-electron chi connectivity index (χ3n) is 3.32. The van der Waals surface area contributed by atoms with Crippen LogP contribution in [-0.2, 0) is 0 Å². The molecule has 1 aliphatic rings. The number of aliphatic hydroxyl groups excluding tert-OH is 1. The zero-order valence-corrected chi connectivity index (χ0v) is 9.48. The minimum absolute atomic E-state index is 0.129. The summed E-state index contributed by atoms with van der Waals surface area (Å²) in [5, 5.41) is 9.81. The van der Waals surface area contributed by atoms with Crippen molar-refractivity contribution in [2.45, 2.75) is 31.3 Å². The molecule has 1 aromatic rings. The SMILES string of the molecule is CN(C)c1ccc([C@@H]2CCC[C@H]2O)cc1. The monoisotopic (exact) mass is 205 g/mol. The fourth-order valence-corrected chi connectivity index (χ4v) is 2.35. The van der Waals surface area contributed by atoms with Crippen molar-refractivity contribution in [2.24, 2.45) is 0 Å². The second kappa shape index (κ2) is 4.23. The lowest BCUT2D eigenvalue weighted by Crippen LogP contribution is -2.12. The maximum Gasteiger partial charge on any atom is 0.0608 e. The highest BCUT2D eigenvalue weighted by Gasteiger charge is 2.26. The lowest BCUT2D eigenvalue weighted by atomic mass is 9.95. The maximum atomic E-state index is 9.81. The highest BCUT2D eigenvalue weighted by atomic mass is 16.3. The Morgan fingerprint density at radius 3 is 2.27 bits per heavy atom.